The minimum absolute atomic E-state index is 0.542. The number of hydrogen-bond donors (Lipinski definition) is 0. The molecule has 15 heavy (non-hydrogen) atoms. The number of halogens is 3. The molecule has 0 aliphatic carbocycles. The van der Waals surface area contributed by atoms with Crippen LogP contribution in [0.25, 0.3) is 5.69 Å². The van der Waals surface area contributed by atoms with Gasteiger partial charge < -0.3 is 0 Å². The highest BCUT2D eigenvalue weighted by molar-refractivity contribution is 5.29. The topological polar surface area (TPSA) is 30.7 Å². The van der Waals surface area contributed by atoms with Crippen LogP contribution in [0, 0.1) is 0 Å². The maximum atomic E-state index is 12.2. The van der Waals surface area contributed by atoms with Gasteiger partial charge in [-0.2, -0.15) is 13.2 Å². The van der Waals surface area contributed by atoms with Gasteiger partial charge in [0.05, 0.1) is 5.69 Å². The first-order valence-electron chi connectivity index (χ1n) is 4.11. The Morgan fingerprint density at radius 2 is 1.73 bits per heavy atom. The van der Waals surface area contributed by atoms with E-state index in [1.54, 1.807) is 30.3 Å². The van der Waals surface area contributed by atoms with E-state index >= 15 is 0 Å². The third-order valence-corrected chi connectivity index (χ3v) is 1.77. The average molecular weight is 213 g/mol. The molecule has 0 spiro atoms. The van der Waals surface area contributed by atoms with Crippen molar-refractivity contribution in [1.82, 2.24) is 14.8 Å². The van der Waals surface area contributed by atoms with Gasteiger partial charge in [-0.25, -0.2) is 9.67 Å². The van der Waals surface area contributed by atoms with Crippen molar-refractivity contribution in [3.05, 3.63) is 42.5 Å². The van der Waals surface area contributed by atoms with Crippen LogP contribution in [0.2, 0.25) is 0 Å². The summed E-state index contributed by atoms with van der Waals surface area (Å²) >= 11 is 0. The zero-order valence-corrected chi connectivity index (χ0v) is 7.44. The first-order valence-corrected chi connectivity index (χ1v) is 4.11. The van der Waals surface area contributed by atoms with Crippen molar-refractivity contribution in [2.24, 2.45) is 0 Å². The van der Waals surface area contributed by atoms with Crippen molar-refractivity contribution in [3.63, 3.8) is 0 Å². The Bertz CT molecular complexity index is 447. The lowest BCUT2D eigenvalue weighted by Gasteiger charge is -2.00. The lowest BCUT2D eigenvalue weighted by molar-refractivity contribution is -0.144. The Labute approximate surface area is 83.2 Å². The first kappa shape index (κ1) is 9.70. The summed E-state index contributed by atoms with van der Waals surface area (Å²) in [6.45, 7) is 0. The van der Waals surface area contributed by atoms with Gasteiger partial charge in [0.2, 0.25) is 0 Å². The van der Waals surface area contributed by atoms with E-state index in [4.69, 9.17) is 0 Å². The third-order valence-electron chi connectivity index (χ3n) is 1.77. The summed E-state index contributed by atoms with van der Waals surface area (Å²) in [5, 5.41) is 3.33. The van der Waals surface area contributed by atoms with Crippen LogP contribution < -0.4 is 0 Å². The van der Waals surface area contributed by atoms with Crippen LogP contribution in [-0.4, -0.2) is 14.8 Å². The second-order valence-electron chi connectivity index (χ2n) is 2.85. The van der Waals surface area contributed by atoms with E-state index in [-0.39, 0.29) is 0 Å². The molecule has 1 aromatic heterocycles. The van der Waals surface area contributed by atoms with Crippen molar-refractivity contribution in [2.75, 3.05) is 0 Å². The molecular weight excluding hydrogens is 207 g/mol. The summed E-state index contributed by atoms with van der Waals surface area (Å²) in [7, 11) is 0. The normalized spacial score (nSPS) is 11.7. The van der Waals surface area contributed by atoms with Crippen LogP contribution in [0.15, 0.2) is 36.7 Å². The molecule has 0 saturated carbocycles. The molecule has 0 radical (unpaired) electrons. The summed E-state index contributed by atoms with van der Waals surface area (Å²) in [5.41, 5.74) is 0.542. The average Bonchev–Trinajstić information content (AvgIpc) is 2.67. The third kappa shape index (κ3) is 1.98. The Hall–Kier alpha value is -1.85. The van der Waals surface area contributed by atoms with Crippen LogP contribution in [0.4, 0.5) is 13.2 Å². The lowest BCUT2D eigenvalue weighted by atomic mass is 10.3. The van der Waals surface area contributed by atoms with Gasteiger partial charge in [-0.1, -0.05) is 18.2 Å². The van der Waals surface area contributed by atoms with Crippen LogP contribution in [0.5, 0.6) is 0 Å². The van der Waals surface area contributed by atoms with E-state index in [1.165, 1.54) is 0 Å². The van der Waals surface area contributed by atoms with E-state index in [9.17, 15) is 13.2 Å². The predicted molar refractivity (Wildman–Crippen MR) is 46.4 cm³/mol. The number of alkyl halides is 3. The maximum absolute atomic E-state index is 12.2. The molecule has 0 aliphatic rings. The maximum Gasteiger partial charge on any atom is 0.453 e. The van der Waals surface area contributed by atoms with Crippen molar-refractivity contribution in [2.45, 2.75) is 6.18 Å². The van der Waals surface area contributed by atoms with Crippen LogP contribution in [-0.2, 0) is 6.18 Å². The molecule has 0 atom stereocenters. The molecule has 6 heteroatoms. The van der Waals surface area contributed by atoms with E-state index in [2.05, 4.69) is 10.1 Å². The highest BCUT2D eigenvalue weighted by Gasteiger charge is 2.35. The van der Waals surface area contributed by atoms with Gasteiger partial charge in [-0.05, 0) is 12.1 Å². The molecule has 1 heterocycles. The monoisotopic (exact) mass is 213 g/mol. The fourth-order valence-corrected chi connectivity index (χ4v) is 1.10. The number of para-hydroxylation sites is 1. The number of rotatable bonds is 1. The minimum Gasteiger partial charge on any atom is -0.220 e. The molecule has 0 unspecified atom stereocenters. The molecule has 78 valence electrons. The van der Waals surface area contributed by atoms with Crippen LogP contribution in [0.3, 0.4) is 0 Å². The Morgan fingerprint density at radius 3 is 2.27 bits per heavy atom. The van der Waals surface area contributed by atoms with Crippen LogP contribution >= 0.6 is 0 Å². The SMILES string of the molecule is FC(F)(F)c1ncn(-c2ccccc2)n1. The molecule has 0 N–H and O–H groups in total. The molecule has 2 rings (SSSR count). The zero-order chi connectivity index (χ0) is 10.9. The molecule has 1 aromatic carbocycles. The summed E-state index contributed by atoms with van der Waals surface area (Å²) in [4.78, 5) is 3.19. The molecule has 2 aromatic rings. The molecule has 0 amide bonds. The number of benzene rings is 1. The van der Waals surface area contributed by atoms with Gasteiger partial charge in [0, 0.05) is 0 Å². The fourth-order valence-electron chi connectivity index (χ4n) is 1.10. The minimum atomic E-state index is -4.50. The summed E-state index contributed by atoms with van der Waals surface area (Å²) in [6.07, 6.45) is -3.46. The highest BCUT2D eigenvalue weighted by atomic mass is 19.4. The van der Waals surface area contributed by atoms with E-state index in [0.29, 0.717) is 5.69 Å². The molecule has 0 saturated heterocycles. The van der Waals surface area contributed by atoms with Gasteiger partial charge in [-0.3, -0.25) is 0 Å². The van der Waals surface area contributed by atoms with Crippen molar-refractivity contribution in [3.8, 4) is 5.69 Å². The van der Waals surface area contributed by atoms with E-state index in [0.717, 1.165) is 11.0 Å². The zero-order valence-electron chi connectivity index (χ0n) is 7.44. The summed E-state index contributed by atoms with van der Waals surface area (Å²) < 4.78 is 37.6. The first-order chi connectivity index (χ1) is 7.07. The Balaban J connectivity index is 2.37. The van der Waals surface area contributed by atoms with Crippen molar-refractivity contribution < 1.29 is 13.2 Å². The van der Waals surface area contributed by atoms with Gasteiger partial charge in [0.25, 0.3) is 5.82 Å². The van der Waals surface area contributed by atoms with Crippen LogP contribution in [0.1, 0.15) is 5.82 Å². The number of nitrogens with zero attached hydrogens (tertiary/aromatic N) is 3. The fraction of sp³-hybridized carbons (Fsp3) is 0.111. The number of hydrogen-bond acceptors (Lipinski definition) is 2. The standard InChI is InChI=1S/C9H6F3N3/c10-9(11,12)8-13-6-15(14-8)7-4-2-1-3-5-7/h1-6H. The van der Waals surface area contributed by atoms with Gasteiger partial charge in [-0.15, -0.1) is 5.10 Å². The summed E-state index contributed by atoms with van der Waals surface area (Å²) in [6, 6.07) is 8.49. The highest BCUT2D eigenvalue weighted by Crippen LogP contribution is 2.25. The van der Waals surface area contributed by atoms with E-state index < -0.39 is 12.0 Å². The molecule has 0 aliphatic heterocycles. The van der Waals surface area contributed by atoms with Crippen molar-refractivity contribution in [1.29, 1.82) is 0 Å². The second kappa shape index (κ2) is 3.38. The molecule has 3 nitrogen and oxygen atoms in total. The molecular formula is C9H6F3N3. The quantitative estimate of drug-likeness (QED) is 0.727. The Kier molecular flexibility index (Phi) is 2.18. The Morgan fingerprint density at radius 1 is 1.07 bits per heavy atom. The van der Waals surface area contributed by atoms with Gasteiger partial charge in [0.1, 0.15) is 6.33 Å². The lowest BCUT2D eigenvalue weighted by Crippen LogP contribution is -2.08. The van der Waals surface area contributed by atoms with Gasteiger partial charge >= 0.3 is 6.18 Å². The molecule has 0 fully saturated rings. The molecule has 0 bridgehead atoms. The summed E-state index contributed by atoms with van der Waals surface area (Å²) in [5.74, 6) is -1.13. The smallest absolute Gasteiger partial charge is 0.220 e. The van der Waals surface area contributed by atoms with Crippen molar-refractivity contribution >= 4 is 0 Å². The second-order valence-corrected chi connectivity index (χ2v) is 2.85. The van der Waals surface area contributed by atoms with Gasteiger partial charge in [0.15, 0.2) is 0 Å². The van der Waals surface area contributed by atoms with E-state index in [1.807, 2.05) is 0 Å². The largest absolute Gasteiger partial charge is 0.453 e. The predicted octanol–water partition coefficient (Wildman–Crippen LogP) is 2.29. The number of aromatic nitrogens is 3.